The van der Waals surface area contributed by atoms with Gasteiger partial charge in [0.2, 0.25) is 5.88 Å². The minimum Gasteiger partial charge on any atom is -0.475 e. The zero-order valence-electron chi connectivity index (χ0n) is 14.1. The molecule has 1 N–H and O–H groups in total. The molecule has 0 aromatic carbocycles. The molecule has 0 atom stereocenters. The number of aryl methyl sites for hydroxylation is 1. The largest absolute Gasteiger partial charge is 0.475 e. The highest BCUT2D eigenvalue weighted by molar-refractivity contribution is 14.0. The topological polar surface area (TPSA) is 54.7 Å². The SMILES string of the molecule is CN=C(NCCOc1ncccc1Cl)N(C)Cc1cccn1C.I. The molecule has 0 radical (unpaired) electrons. The predicted octanol–water partition coefficient (Wildman–Crippen LogP) is 2.78. The van der Waals surface area contributed by atoms with Crippen LogP contribution >= 0.6 is 35.6 Å². The second kappa shape index (κ2) is 10.4. The number of hydrogen-bond donors (Lipinski definition) is 1. The molecular weight excluding hydrogens is 441 g/mol. The Hall–Kier alpha value is -1.48. The summed E-state index contributed by atoms with van der Waals surface area (Å²) in [5, 5.41) is 3.77. The summed E-state index contributed by atoms with van der Waals surface area (Å²) in [6.45, 7) is 1.83. The number of hydrogen-bond acceptors (Lipinski definition) is 3. The van der Waals surface area contributed by atoms with E-state index in [0.717, 1.165) is 12.5 Å². The third-order valence-corrected chi connectivity index (χ3v) is 3.66. The molecule has 6 nitrogen and oxygen atoms in total. The molecule has 0 unspecified atom stereocenters. The van der Waals surface area contributed by atoms with Crippen molar-refractivity contribution in [3.8, 4) is 5.88 Å². The zero-order chi connectivity index (χ0) is 16.7. The first-order chi connectivity index (χ1) is 11.1. The van der Waals surface area contributed by atoms with Gasteiger partial charge in [-0.3, -0.25) is 4.99 Å². The Labute approximate surface area is 164 Å². The van der Waals surface area contributed by atoms with Crippen LogP contribution in [0.3, 0.4) is 0 Å². The summed E-state index contributed by atoms with van der Waals surface area (Å²) in [4.78, 5) is 10.4. The van der Waals surface area contributed by atoms with E-state index in [0.29, 0.717) is 24.1 Å². The number of rotatable bonds is 6. The van der Waals surface area contributed by atoms with E-state index in [1.807, 2.05) is 26.4 Å². The lowest BCUT2D eigenvalue weighted by molar-refractivity contribution is 0.307. The molecule has 0 fully saturated rings. The summed E-state index contributed by atoms with van der Waals surface area (Å²) in [7, 11) is 5.79. The van der Waals surface area contributed by atoms with Gasteiger partial charge in [0.05, 0.1) is 13.1 Å². The number of nitrogens with one attached hydrogen (secondary N) is 1. The molecule has 2 heterocycles. The normalized spacial score (nSPS) is 10.9. The fraction of sp³-hybridized carbons (Fsp3) is 0.375. The molecule has 2 aromatic rings. The van der Waals surface area contributed by atoms with Gasteiger partial charge in [-0.2, -0.15) is 0 Å². The molecule has 0 spiro atoms. The Morgan fingerprint density at radius 2 is 2.21 bits per heavy atom. The van der Waals surface area contributed by atoms with Crippen molar-refractivity contribution in [2.24, 2.45) is 12.0 Å². The van der Waals surface area contributed by atoms with E-state index >= 15 is 0 Å². The standard InChI is InChI=1S/C16H22ClN5O.HI/c1-18-16(22(3)12-13-6-5-10-21(13)2)20-9-11-23-15-14(17)7-4-8-19-15;/h4-8,10H,9,11-12H2,1-3H3,(H,18,20);1H. The van der Waals surface area contributed by atoms with E-state index in [9.17, 15) is 0 Å². The quantitative estimate of drug-likeness (QED) is 0.310. The van der Waals surface area contributed by atoms with Gasteiger partial charge in [-0.05, 0) is 24.3 Å². The van der Waals surface area contributed by atoms with Crippen molar-refractivity contribution >= 4 is 41.5 Å². The maximum Gasteiger partial charge on any atom is 0.232 e. The molecule has 0 saturated carbocycles. The fourth-order valence-corrected chi connectivity index (χ4v) is 2.33. The van der Waals surface area contributed by atoms with Gasteiger partial charge in [0.1, 0.15) is 11.6 Å². The number of ether oxygens (including phenoxy) is 1. The highest BCUT2D eigenvalue weighted by Crippen LogP contribution is 2.19. The van der Waals surface area contributed by atoms with E-state index < -0.39 is 0 Å². The predicted molar refractivity (Wildman–Crippen MR) is 108 cm³/mol. The third kappa shape index (κ3) is 5.86. The molecule has 0 aliphatic heterocycles. The van der Waals surface area contributed by atoms with Gasteiger partial charge < -0.3 is 19.5 Å². The Morgan fingerprint density at radius 1 is 1.42 bits per heavy atom. The molecule has 0 saturated heterocycles. The Morgan fingerprint density at radius 3 is 2.83 bits per heavy atom. The monoisotopic (exact) mass is 463 g/mol. The van der Waals surface area contributed by atoms with Crippen molar-refractivity contribution in [3.63, 3.8) is 0 Å². The minimum atomic E-state index is 0. The number of guanidine groups is 1. The molecule has 0 amide bonds. The lowest BCUT2D eigenvalue weighted by atomic mass is 10.4. The average molecular weight is 464 g/mol. The molecule has 2 rings (SSSR count). The van der Waals surface area contributed by atoms with Crippen molar-refractivity contribution in [1.82, 2.24) is 19.8 Å². The van der Waals surface area contributed by atoms with E-state index in [1.165, 1.54) is 5.69 Å². The van der Waals surface area contributed by atoms with Crippen LogP contribution in [0.2, 0.25) is 5.02 Å². The minimum absolute atomic E-state index is 0. The summed E-state index contributed by atoms with van der Waals surface area (Å²) in [5.41, 5.74) is 1.21. The lowest BCUT2D eigenvalue weighted by Crippen LogP contribution is -2.40. The van der Waals surface area contributed by atoms with Crippen LogP contribution in [0.5, 0.6) is 5.88 Å². The molecule has 0 aliphatic rings. The van der Waals surface area contributed by atoms with Crippen LogP contribution in [-0.4, -0.2) is 47.7 Å². The first kappa shape index (κ1) is 20.6. The van der Waals surface area contributed by atoms with Crippen LogP contribution in [0.25, 0.3) is 0 Å². The van der Waals surface area contributed by atoms with Crippen molar-refractivity contribution in [3.05, 3.63) is 47.4 Å². The smallest absolute Gasteiger partial charge is 0.232 e. The highest BCUT2D eigenvalue weighted by Gasteiger charge is 2.08. The summed E-state index contributed by atoms with van der Waals surface area (Å²) >= 11 is 6.00. The molecule has 8 heteroatoms. The fourth-order valence-electron chi connectivity index (χ4n) is 2.15. The Kier molecular flexibility index (Phi) is 8.91. The average Bonchev–Trinajstić information content (AvgIpc) is 2.94. The molecular formula is C16H23ClIN5O. The zero-order valence-corrected chi connectivity index (χ0v) is 17.2. The second-order valence-corrected chi connectivity index (χ2v) is 5.49. The van der Waals surface area contributed by atoms with E-state index in [1.54, 1.807) is 25.4 Å². The Balaban J connectivity index is 0.00000288. The van der Waals surface area contributed by atoms with Gasteiger partial charge in [0, 0.05) is 39.2 Å². The molecule has 0 bridgehead atoms. The van der Waals surface area contributed by atoms with Crippen LogP contribution in [0.15, 0.2) is 41.7 Å². The van der Waals surface area contributed by atoms with Crippen molar-refractivity contribution in [2.75, 3.05) is 27.2 Å². The number of halogens is 2. The summed E-state index contributed by atoms with van der Waals surface area (Å²) in [6, 6.07) is 7.65. The summed E-state index contributed by atoms with van der Waals surface area (Å²) < 4.78 is 7.65. The third-order valence-electron chi connectivity index (χ3n) is 3.37. The second-order valence-electron chi connectivity index (χ2n) is 5.08. The van der Waals surface area contributed by atoms with Crippen LogP contribution in [0, 0.1) is 0 Å². The van der Waals surface area contributed by atoms with Gasteiger partial charge in [0.15, 0.2) is 5.96 Å². The summed E-state index contributed by atoms with van der Waals surface area (Å²) in [5.74, 6) is 1.25. The first-order valence-electron chi connectivity index (χ1n) is 7.37. The maximum absolute atomic E-state index is 6.00. The highest BCUT2D eigenvalue weighted by atomic mass is 127. The van der Waals surface area contributed by atoms with Crippen LogP contribution < -0.4 is 10.1 Å². The molecule has 24 heavy (non-hydrogen) atoms. The first-order valence-corrected chi connectivity index (χ1v) is 7.75. The van der Waals surface area contributed by atoms with Crippen molar-refractivity contribution < 1.29 is 4.74 Å². The van der Waals surface area contributed by atoms with E-state index in [4.69, 9.17) is 16.3 Å². The van der Waals surface area contributed by atoms with Crippen molar-refractivity contribution in [1.29, 1.82) is 0 Å². The number of pyridine rings is 1. The van der Waals surface area contributed by atoms with Gasteiger partial charge in [0.25, 0.3) is 0 Å². The number of nitrogens with zero attached hydrogens (tertiary/aromatic N) is 4. The van der Waals surface area contributed by atoms with Crippen LogP contribution in [0.4, 0.5) is 0 Å². The van der Waals surface area contributed by atoms with Gasteiger partial charge in [-0.25, -0.2) is 4.98 Å². The van der Waals surface area contributed by atoms with Crippen molar-refractivity contribution in [2.45, 2.75) is 6.54 Å². The van der Waals surface area contributed by atoms with Gasteiger partial charge >= 0.3 is 0 Å². The molecule has 132 valence electrons. The molecule has 2 aromatic heterocycles. The Bertz CT molecular complexity index is 661. The summed E-state index contributed by atoms with van der Waals surface area (Å²) in [6.07, 6.45) is 3.69. The van der Waals surface area contributed by atoms with Gasteiger partial charge in [-0.1, -0.05) is 11.6 Å². The lowest BCUT2D eigenvalue weighted by Gasteiger charge is -2.22. The maximum atomic E-state index is 6.00. The molecule has 0 aliphatic carbocycles. The number of aromatic nitrogens is 2. The van der Waals surface area contributed by atoms with E-state index in [-0.39, 0.29) is 24.0 Å². The van der Waals surface area contributed by atoms with E-state index in [2.05, 4.69) is 30.8 Å². The van der Waals surface area contributed by atoms with Crippen LogP contribution in [0.1, 0.15) is 5.69 Å². The van der Waals surface area contributed by atoms with Crippen LogP contribution in [-0.2, 0) is 13.6 Å². The van der Waals surface area contributed by atoms with Gasteiger partial charge in [-0.15, -0.1) is 24.0 Å². The number of aliphatic imine (C=N–C) groups is 1.